The van der Waals surface area contributed by atoms with E-state index in [0.29, 0.717) is 6.42 Å². The molecule has 11 nitrogen and oxygen atoms in total. The van der Waals surface area contributed by atoms with E-state index >= 15 is 0 Å². The van der Waals surface area contributed by atoms with Gasteiger partial charge < -0.3 is 18.3 Å². The Labute approximate surface area is 225 Å². The third-order valence-electron chi connectivity index (χ3n) is 6.96. The number of rotatable bonds is 14. The molecule has 0 saturated heterocycles. The Kier molecular flexibility index (Phi) is 12.0. The first-order valence-electron chi connectivity index (χ1n) is 13.1. The number of nitrogens with zero attached hydrogens (tertiary/aromatic N) is 3. The number of hydrogen-bond acceptors (Lipinski definition) is 8. The number of nitrogens with one attached hydrogen (secondary N) is 1. The van der Waals surface area contributed by atoms with Gasteiger partial charge in [-0.1, -0.05) is 33.8 Å². The predicted molar refractivity (Wildman–Crippen MR) is 148 cm³/mol. The van der Waals surface area contributed by atoms with Gasteiger partial charge >= 0.3 is 13.3 Å². The smallest absolute Gasteiger partial charge is 0.353 e. The first kappa shape index (κ1) is 32.4. The van der Waals surface area contributed by atoms with Gasteiger partial charge in [-0.25, -0.2) is 9.46 Å². The molecule has 0 aromatic carbocycles. The van der Waals surface area contributed by atoms with Crippen molar-refractivity contribution < 1.29 is 22.9 Å². The summed E-state index contributed by atoms with van der Waals surface area (Å²) in [6.07, 6.45) is 3.05. The van der Waals surface area contributed by atoms with Crippen LogP contribution in [0.5, 0.6) is 0 Å². The van der Waals surface area contributed by atoms with Crippen LogP contribution in [0.2, 0.25) is 0 Å². The lowest BCUT2D eigenvalue weighted by atomic mass is 10.0. The second kappa shape index (κ2) is 14.0. The number of methoxy groups -OCH3 is 1. The zero-order valence-corrected chi connectivity index (χ0v) is 25.2. The van der Waals surface area contributed by atoms with E-state index in [2.05, 4.69) is 11.1 Å². The summed E-state index contributed by atoms with van der Waals surface area (Å²) in [5.74, 6) is 1.04. The van der Waals surface area contributed by atoms with Crippen molar-refractivity contribution in [3.05, 3.63) is 45.0 Å². The summed E-state index contributed by atoms with van der Waals surface area (Å²) in [6, 6.07) is 2.38. The van der Waals surface area contributed by atoms with Gasteiger partial charge in [-0.05, 0) is 26.2 Å². The molecule has 1 fully saturated rings. The fraction of sp³-hybridized carbons (Fsp3) is 0.720. The van der Waals surface area contributed by atoms with Crippen LogP contribution < -0.4 is 11.2 Å². The zero-order chi connectivity index (χ0) is 28.7. The highest BCUT2D eigenvalue weighted by Gasteiger charge is 2.52. The number of aromatic nitrogens is 2. The minimum Gasteiger partial charge on any atom is -0.378 e. The average Bonchev–Trinajstić information content (AvgIpc) is 3.20. The van der Waals surface area contributed by atoms with Crippen molar-refractivity contribution >= 4 is 14.9 Å². The lowest BCUT2D eigenvalue weighted by Gasteiger charge is -2.44. The van der Waals surface area contributed by atoms with Gasteiger partial charge in [-0.15, -0.1) is 0 Å². The maximum absolute atomic E-state index is 14.7. The molecular weight excluding hydrogens is 530 g/mol. The monoisotopic (exact) mass is 572 g/mol. The molecule has 1 saturated carbocycles. The van der Waals surface area contributed by atoms with Crippen LogP contribution in [0.3, 0.4) is 0 Å². The largest absolute Gasteiger partial charge is 0.378 e. The maximum atomic E-state index is 14.7. The molecule has 214 valence electrons. The van der Waals surface area contributed by atoms with Crippen LogP contribution in [-0.2, 0) is 22.9 Å². The molecule has 1 aromatic rings. The van der Waals surface area contributed by atoms with E-state index in [-0.39, 0.29) is 43.4 Å². The highest BCUT2D eigenvalue weighted by Crippen LogP contribution is 2.62. The quantitative estimate of drug-likeness (QED) is 0.317. The van der Waals surface area contributed by atoms with Crippen molar-refractivity contribution in [1.82, 2.24) is 14.2 Å². The summed E-state index contributed by atoms with van der Waals surface area (Å²) in [5.41, 5.74) is -1.52. The normalized spacial score (nSPS) is 22.7. The number of aromatic amines is 1. The van der Waals surface area contributed by atoms with Crippen LogP contribution in [0.15, 0.2) is 33.7 Å². The van der Waals surface area contributed by atoms with Crippen molar-refractivity contribution in [2.24, 2.45) is 5.92 Å². The van der Waals surface area contributed by atoms with Crippen LogP contribution >= 0.6 is 14.9 Å². The first-order valence-corrected chi connectivity index (χ1v) is 16.5. The highest BCUT2D eigenvalue weighted by atomic mass is 31.2. The summed E-state index contributed by atoms with van der Waals surface area (Å²) in [7, 11) is -5.09. The third kappa shape index (κ3) is 7.04. The van der Waals surface area contributed by atoms with Crippen molar-refractivity contribution in [2.75, 3.05) is 26.9 Å². The minimum atomic E-state index is -3.54. The van der Waals surface area contributed by atoms with Gasteiger partial charge in [0.2, 0.25) is 0 Å². The van der Waals surface area contributed by atoms with E-state index in [9.17, 15) is 24.0 Å². The number of hydrogen-bond donors (Lipinski definition) is 1. The topological polar surface area (TPSA) is 144 Å². The average molecular weight is 573 g/mol. The van der Waals surface area contributed by atoms with Gasteiger partial charge in [0.15, 0.2) is 7.29 Å². The highest BCUT2D eigenvalue weighted by molar-refractivity contribution is 7.62. The van der Waals surface area contributed by atoms with Crippen molar-refractivity contribution in [3.63, 3.8) is 0 Å². The summed E-state index contributed by atoms with van der Waals surface area (Å²) in [4.78, 5) is 26.8. The molecule has 1 heterocycles. The molecule has 1 aliphatic rings. The Bertz CT molecular complexity index is 1180. The Morgan fingerprint density at radius 1 is 1.18 bits per heavy atom. The van der Waals surface area contributed by atoms with Crippen molar-refractivity contribution in [2.45, 2.75) is 83.9 Å². The van der Waals surface area contributed by atoms with Crippen LogP contribution in [0, 0.1) is 17.2 Å². The second-order valence-corrected chi connectivity index (χ2v) is 15.6. The number of nitriles is 1. The van der Waals surface area contributed by atoms with Gasteiger partial charge in [0.25, 0.3) is 5.56 Å². The molecule has 1 aliphatic carbocycles. The predicted octanol–water partition coefficient (Wildman–Crippen LogP) is 4.57. The lowest BCUT2D eigenvalue weighted by molar-refractivity contribution is 0.0285. The summed E-state index contributed by atoms with van der Waals surface area (Å²) >= 11 is 0. The van der Waals surface area contributed by atoms with Crippen molar-refractivity contribution in [3.8, 4) is 6.07 Å². The van der Waals surface area contributed by atoms with E-state index in [0.717, 1.165) is 0 Å². The van der Waals surface area contributed by atoms with E-state index in [1.165, 1.54) is 29.8 Å². The van der Waals surface area contributed by atoms with Gasteiger partial charge in [-0.3, -0.25) is 18.9 Å². The van der Waals surface area contributed by atoms with Crippen LogP contribution in [0.25, 0.3) is 0 Å². The third-order valence-corrected chi connectivity index (χ3v) is 13.0. The second-order valence-electron chi connectivity index (χ2n) is 9.82. The van der Waals surface area contributed by atoms with E-state index in [1.807, 2.05) is 32.4 Å². The van der Waals surface area contributed by atoms with Gasteiger partial charge in [0.1, 0.15) is 0 Å². The molecule has 1 N–H and O–H groups in total. The molecular formula is C25H42N4O7P2. The SMILES string of the molecule is CCOP(=O)(/C=C/[C@H]1C[C@@H](n2ccc(=O)[nH]c2=O)[C@H](OC)[C@@H]1N(CCC#N)P(=O)(C(C)C)C(C)C)OCC. The number of H-pyrrole nitrogens is 1. The summed E-state index contributed by atoms with van der Waals surface area (Å²) in [6.45, 7) is 11.7. The molecule has 1 aromatic heterocycles. The molecule has 0 radical (unpaired) electrons. The molecule has 38 heavy (non-hydrogen) atoms. The first-order chi connectivity index (χ1) is 17.9. The fourth-order valence-corrected chi connectivity index (χ4v) is 10.3. The molecule has 13 heteroatoms. The lowest BCUT2D eigenvalue weighted by Crippen LogP contribution is -2.48. The van der Waals surface area contributed by atoms with Crippen LogP contribution in [0.1, 0.15) is 60.4 Å². The standard InChI is InChI=1S/C25H42N4O7P2/c1-8-35-37(32,36-9-2)16-12-20-17-21(28-15-11-22(30)27-25(28)31)24(34-7)23(20)29(14-10-13-26)38(33,18(3)4)19(5)6/h11-12,15-16,18-21,23-24H,8-10,14,17H2,1-7H3,(H,27,30,31)/b16-12+/t20-,21+,23+,24-/m0/s1. The molecule has 2 rings (SSSR count). The Balaban J connectivity index is 2.75. The summed E-state index contributed by atoms with van der Waals surface area (Å²) < 4.78 is 48.1. The molecule has 0 aliphatic heterocycles. The Morgan fingerprint density at radius 2 is 1.79 bits per heavy atom. The Morgan fingerprint density at radius 3 is 2.26 bits per heavy atom. The van der Waals surface area contributed by atoms with E-state index in [1.54, 1.807) is 19.9 Å². The van der Waals surface area contributed by atoms with Gasteiger partial charge in [-0.2, -0.15) is 5.26 Å². The van der Waals surface area contributed by atoms with Crippen LogP contribution in [-0.4, -0.2) is 64.6 Å². The zero-order valence-electron chi connectivity index (χ0n) is 23.4. The Hall–Kier alpha value is -1.79. The summed E-state index contributed by atoms with van der Waals surface area (Å²) in [5, 5.41) is 9.45. The van der Waals surface area contributed by atoms with Crippen LogP contribution in [0.4, 0.5) is 0 Å². The molecule has 0 bridgehead atoms. The van der Waals surface area contributed by atoms with Gasteiger partial charge in [0, 0.05) is 49.5 Å². The van der Waals surface area contributed by atoms with Crippen molar-refractivity contribution in [1.29, 1.82) is 5.26 Å². The van der Waals surface area contributed by atoms with E-state index < -0.39 is 44.3 Å². The fourth-order valence-electron chi connectivity index (χ4n) is 5.43. The number of ether oxygens (including phenoxy) is 1. The maximum Gasteiger partial charge on any atom is 0.353 e. The molecule has 0 amide bonds. The molecule has 0 unspecified atom stereocenters. The molecule has 0 spiro atoms. The van der Waals surface area contributed by atoms with Gasteiger partial charge in [0.05, 0.1) is 37.5 Å². The minimum absolute atomic E-state index is 0.145. The van der Waals surface area contributed by atoms with E-state index in [4.69, 9.17) is 13.8 Å². The molecule has 4 atom stereocenters.